The summed E-state index contributed by atoms with van der Waals surface area (Å²) >= 11 is 1.27. The zero-order valence-corrected chi connectivity index (χ0v) is 18.4. The van der Waals surface area contributed by atoms with Crippen LogP contribution in [-0.4, -0.2) is 57.8 Å². The molecule has 0 radical (unpaired) electrons. The molecule has 3 aromatic rings. The predicted molar refractivity (Wildman–Crippen MR) is 119 cm³/mol. The van der Waals surface area contributed by atoms with Gasteiger partial charge in [-0.2, -0.15) is 0 Å². The van der Waals surface area contributed by atoms with Crippen LogP contribution in [0, 0.1) is 6.92 Å². The van der Waals surface area contributed by atoms with Gasteiger partial charge >= 0.3 is 0 Å². The van der Waals surface area contributed by atoms with E-state index in [1.165, 1.54) is 22.9 Å². The Balaban J connectivity index is 1.17. The topological polar surface area (TPSA) is 71.7 Å². The Morgan fingerprint density at radius 2 is 1.77 bits per heavy atom. The monoisotopic (exact) mass is 438 g/mol. The van der Waals surface area contributed by atoms with Gasteiger partial charge in [0, 0.05) is 32.7 Å². The number of aryl methyl sites for hydroxylation is 1. The van der Waals surface area contributed by atoms with E-state index in [2.05, 4.69) is 39.4 Å². The van der Waals surface area contributed by atoms with E-state index in [1.54, 1.807) is 0 Å². The molecule has 2 aromatic carbocycles. The second-order valence-corrected chi connectivity index (χ2v) is 8.42. The molecule has 0 saturated carbocycles. The van der Waals surface area contributed by atoms with Gasteiger partial charge in [-0.1, -0.05) is 59.8 Å². The van der Waals surface area contributed by atoms with Crippen molar-refractivity contribution in [2.45, 2.75) is 25.3 Å². The highest BCUT2D eigenvalue weighted by Crippen LogP contribution is 2.19. The van der Waals surface area contributed by atoms with Crippen molar-refractivity contribution in [2.24, 2.45) is 0 Å². The third-order valence-corrected chi connectivity index (χ3v) is 5.93. The summed E-state index contributed by atoms with van der Waals surface area (Å²) in [5.74, 6) is 1.53. The Hall–Kier alpha value is -2.84. The first-order chi connectivity index (χ1) is 15.2. The van der Waals surface area contributed by atoms with Crippen molar-refractivity contribution in [1.29, 1.82) is 0 Å². The maximum atomic E-state index is 12.6. The van der Waals surface area contributed by atoms with Crippen LogP contribution in [-0.2, 0) is 17.9 Å². The normalized spacial score (nSPS) is 14.5. The fourth-order valence-corrected chi connectivity index (χ4v) is 4.03. The van der Waals surface area contributed by atoms with E-state index >= 15 is 0 Å². The van der Waals surface area contributed by atoms with Crippen molar-refractivity contribution < 1.29 is 13.9 Å². The van der Waals surface area contributed by atoms with E-state index in [1.807, 2.05) is 42.2 Å². The van der Waals surface area contributed by atoms with Gasteiger partial charge in [0.05, 0.1) is 5.75 Å². The van der Waals surface area contributed by atoms with Gasteiger partial charge in [-0.15, -0.1) is 10.2 Å². The van der Waals surface area contributed by atoms with Gasteiger partial charge < -0.3 is 14.1 Å². The molecule has 1 saturated heterocycles. The van der Waals surface area contributed by atoms with Crippen LogP contribution in [0.25, 0.3) is 0 Å². The SMILES string of the molecule is Cc1ccc(OCc2nnc(SCC(=O)N3CCN(Cc4ccccc4)CC3)o2)cc1. The fourth-order valence-electron chi connectivity index (χ4n) is 3.35. The number of aromatic nitrogens is 2. The van der Waals surface area contributed by atoms with E-state index in [4.69, 9.17) is 9.15 Å². The smallest absolute Gasteiger partial charge is 0.277 e. The largest absolute Gasteiger partial charge is 0.484 e. The van der Waals surface area contributed by atoms with E-state index < -0.39 is 0 Å². The first kappa shape index (κ1) is 21.4. The minimum atomic E-state index is 0.0972. The lowest BCUT2D eigenvalue weighted by atomic mass is 10.2. The molecule has 0 aliphatic carbocycles. The second kappa shape index (κ2) is 10.5. The summed E-state index contributed by atoms with van der Waals surface area (Å²) < 4.78 is 11.2. The highest BCUT2D eigenvalue weighted by molar-refractivity contribution is 7.99. The Morgan fingerprint density at radius 3 is 2.52 bits per heavy atom. The average Bonchev–Trinajstić information content (AvgIpc) is 3.26. The molecule has 31 heavy (non-hydrogen) atoms. The molecule has 0 spiro atoms. The van der Waals surface area contributed by atoms with Crippen molar-refractivity contribution in [3.05, 3.63) is 71.6 Å². The minimum absolute atomic E-state index is 0.0972. The number of carbonyl (C=O) groups is 1. The number of piperazine rings is 1. The van der Waals surface area contributed by atoms with Crippen LogP contribution >= 0.6 is 11.8 Å². The van der Waals surface area contributed by atoms with Gasteiger partial charge in [0.25, 0.3) is 11.1 Å². The summed E-state index contributed by atoms with van der Waals surface area (Å²) in [5.41, 5.74) is 2.47. The highest BCUT2D eigenvalue weighted by atomic mass is 32.2. The summed E-state index contributed by atoms with van der Waals surface area (Å²) in [7, 11) is 0. The number of thioether (sulfide) groups is 1. The first-order valence-corrected chi connectivity index (χ1v) is 11.3. The number of rotatable bonds is 8. The summed E-state index contributed by atoms with van der Waals surface area (Å²) in [6.07, 6.45) is 0. The van der Waals surface area contributed by atoms with Crippen LogP contribution < -0.4 is 4.74 Å². The van der Waals surface area contributed by atoms with E-state index in [-0.39, 0.29) is 12.5 Å². The molecule has 1 amide bonds. The lowest BCUT2D eigenvalue weighted by Crippen LogP contribution is -2.48. The van der Waals surface area contributed by atoms with Crippen LogP contribution in [0.5, 0.6) is 5.75 Å². The second-order valence-electron chi connectivity index (χ2n) is 7.49. The van der Waals surface area contributed by atoms with Gasteiger partial charge in [-0.25, -0.2) is 0 Å². The van der Waals surface area contributed by atoms with Gasteiger partial charge in [-0.3, -0.25) is 9.69 Å². The van der Waals surface area contributed by atoms with Crippen molar-refractivity contribution >= 4 is 17.7 Å². The zero-order valence-electron chi connectivity index (χ0n) is 17.6. The molecule has 0 unspecified atom stereocenters. The van der Waals surface area contributed by atoms with Crippen LogP contribution in [0.4, 0.5) is 0 Å². The summed E-state index contributed by atoms with van der Waals surface area (Å²) in [4.78, 5) is 16.8. The predicted octanol–water partition coefficient (Wildman–Crippen LogP) is 3.39. The zero-order chi connectivity index (χ0) is 21.5. The molecular formula is C23H26N4O3S. The maximum absolute atomic E-state index is 12.6. The average molecular weight is 439 g/mol. The van der Waals surface area contributed by atoms with Crippen molar-refractivity contribution in [3.8, 4) is 5.75 Å². The van der Waals surface area contributed by atoms with E-state index in [0.717, 1.165) is 38.5 Å². The number of ether oxygens (including phenoxy) is 1. The van der Waals surface area contributed by atoms with Crippen molar-refractivity contribution in [3.63, 3.8) is 0 Å². The Bertz CT molecular complexity index is 970. The van der Waals surface area contributed by atoms with Gasteiger partial charge in [0.1, 0.15) is 5.75 Å². The van der Waals surface area contributed by atoms with Gasteiger partial charge in [0.2, 0.25) is 5.91 Å². The fraction of sp³-hybridized carbons (Fsp3) is 0.348. The first-order valence-electron chi connectivity index (χ1n) is 10.3. The molecule has 1 aliphatic rings. The van der Waals surface area contributed by atoms with E-state index in [9.17, 15) is 4.79 Å². The quantitative estimate of drug-likeness (QED) is 0.499. The minimum Gasteiger partial charge on any atom is -0.484 e. The van der Waals surface area contributed by atoms with E-state index in [0.29, 0.717) is 16.9 Å². The third kappa shape index (κ3) is 6.32. The summed E-state index contributed by atoms with van der Waals surface area (Å²) in [6.45, 7) is 6.40. The molecule has 0 bridgehead atoms. The number of benzene rings is 2. The molecule has 1 aromatic heterocycles. The number of carbonyl (C=O) groups excluding carboxylic acids is 1. The molecule has 2 heterocycles. The Kier molecular flexibility index (Phi) is 7.22. The van der Waals surface area contributed by atoms with Crippen LogP contribution in [0.15, 0.2) is 64.2 Å². The number of nitrogens with zero attached hydrogens (tertiary/aromatic N) is 4. The van der Waals surface area contributed by atoms with Crippen molar-refractivity contribution in [1.82, 2.24) is 20.0 Å². The van der Waals surface area contributed by atoms with Gasteiger partial charge in [-0.05, 0) is 24.6 Å². The van der Waals surface area contributed by atoms with Gasteiger partial charge in [0.15, 0.2) is 6.61 Å². The van der Waals surface area contributed by atoms with Crippen LogP contribution in [0.2, 0.25) is 0 Å². The Labute approximate surface area is 186 Å². The molecule has 0 atom stereocenters. The molecule has 1 fully saturated rings. The summed E-state index contributed by atoms with van der Waals surface area (Å²) in [6, 6.07) is 18.2. The number of hydrogen-bond acceptors (Lipinski definition) is 7. The molecule has 162 valence electrons. The molecular weight excluding hydrogens is 412 g/mol. The molecule has 7 nitrogen and oxygen atoms in total. The molecule has 8 heteroatoms. The van der Waals surface area contributed by atoms with Crippen molar-refractivity contribution in [2.75, 3.05) is 31.9 Å². The maximum Gasteiger partial charge on any atom is 0.277 e. The molecule has 0 N–H and O–H groups in total. The molecule has 4 rings (SSSR count). The van der Waals surface area contributed by atoms with Crippen LogP contribution in [0.1, 0.15) is 17.0 Å². The lowest BCUT2D eigenvalue weighted by Gasteiger charge is -2.34. The Morgan fingerprint density at radius 1 is 1.03 bits per heavy atom. The lowest BCUT2D eigenvalue weighted by molar-refractivity contribution is -0.130. The number of amides is 1. The number of hydrogen-bond donors (Lipinski definition) is 0. The highest BCUT2D eigenvalue weighted by Gasteiger charge is 2.22. The third-order valence-electron chi connectivity index (χ3n) is 5.12. The summed E-state index contributed by atoms with van der Waals surface area (Å²) in [5, 5.41) is 8.39. The van der Waals surface area contributed by atoms with Crippen LogP contribution in [0.3, 0.4) is 0 Å². The molecule has 1 aliphatic heterocycles. The standard InChI is InChI=1S/C23H26N4O3S/c1-18-7-9-20(10-8-18)29-16-21-24-25-23(30-21)31-17-22(28)27-13-11-26(12-14-27)15-19-5-3-2-4-6-19/h2-10H,11-17H2,1H3.